The van der Waals surface area contributed by atoms with Gasteiger partial charge in [-0.1, -0.05) is 12.1 Å². The van der Waals surface area contributed by atoms with Gasteiger partial charge in [-0.2, -0.15) is 0 Å². The highest BCUT2D eigenvalue weighted by Crippen LogP contribution is 2.38. The summed E-state index contributed by atoms with van der Waals surface area (Å²) in [5.41, 5.74) is 6.15. The Morgan fingerprint density at radius 1 is 1.29 bits per heavy atom. The summed E-state index contributed by atoms with van der Waals surface area (Å²) >= 11 is 0. The second kappa shape index (κ2) is 7.68. The van der Waals surface area contributed by atoms with Gasteiger partial charge in [-0.25, -0.2) is 15.3 Å². The first-order valence-corrected chi connectivity index (χ1v) is 10.1. The van der Waals surface area contributed by atoms with Gasteiger partial charge in [0, 0.05) is 48.9 Å². The molecule has 0 saturated carbocycles. The lowest BCUT2D eigenvalue weighted by atomic mass is 9.92. The Morgan fingerprint density at radius 2 is 2.10 bits per heavy atom. The third-order valence-corrected chi connectivity index (χ3v) is 6.02. The zero-order valence-electron chi connectivity index (χ0n) is 17.1. The minimum Gasteiger partial charge on any atom is -0.360 e. The van der Waals surface area contributed by atoms with Crippen LogP contribution in [0.5, 0.6) is 0 Å². The van der Waals surface area contributed by atoms with Crippen LogP contribution in [0.3, 0.4) is 0 Å². The number of nitrogens with zero attached hydrogens (tertiary/aromatic N) is 4. The fourth-order valence-corrected chi connectivity index (χ4v) is 4.57. The maximum Gasteiger partial charge on any atom is 0.321 e. The first kappa shape index (κ1) is 19.5. The second-order valence-corrected chi connectivity index (χ2v) is 8.02. The summed E-state index contributed by atoms with van der Waals surface area (Å²) in [5, 5.41) is 9.91. The van der Waals surface area contributed by atoms with Gasteiger partial charge in [0.1, 0.15) is 12.4 Å². The molecule has 2 bridgehead atoms. The molecule has 1 unspecified atom stereocenters. The van der Waals surface area contributed by atoms with Crippen LogP contribution < -0.4 is 5.48 Å². The smallest absolute Gasteiger partial charge is 0.321 e. The summed E-state index contributed by atoms with van der Waals surface area (Å²) in [5.74, 6) is -0.461. The summed E-state index contributed by atoms with van der Waals surface area (Å²) in [6.45, 7) is 2.51. The van der Waals surface area contributed by atoms with Gasteiger partial charge in [-0.05, 0) is 35.4 Å². The third-order valence-electron chi connectivity index (χ3n) is 6.02. The number of urea groups is 1. The molecule has 1 fully saturated rings. The van der Waals surface area contributed by atoms with Crippen molar-refractivity contribution in [1.29, 1.82) is 0 Å². The summed E-state index contributed by atoms with van der Waals surface area (Å²) in [6, 6.07) is 11.0. The number of aromatic nitrogens is 2. The standard InChI is InChI=1S/C22H23N5O4/c1-25-13-31-12-16-10-26(22(25)29)11-18-19(16)17-3-2-8-23-20(17)27(18)9-14-4-6-15(7-5-14)21(28)24-30/h2-8,16,30H,9-13H2,1H3,(H,24,28). The van der Waals surface area contributed by atoms with E-state index in [4.69, 9.17) is 9.94 Å². The van der Waals surface area contributed by atoms with Crippen LogP contribution in [0.2, 0.25) is 0 Å². The van der Waals surface area contributed by atoms with E-state index in [1.54, 1.807) is 35.8 Å². The van der Waals surface area contributed by atoms with Crippen LogP contribution in [0.25, 0.3) is 11.0 Å². The summed E-state index contributed by atoms with van der Waals surface area (Å²) in [4.78, 5) is 32.5. The van der Waals surface area contributed by atoms with Crippen molar-refractivity contribution in [1.82, 2.24) is 24.8 Å². The van der Waals surface area contributed by atoms with Gasteiger partial charge in [-0.15, -0.1) is 0 Å². The number of carbonyl (C=O) groups excluding carboxylic acids is 2. The molecule has 2 aromatic heterocycles. The summed E-state index contributed by atoms with van der Waals surface area (Å²) < 4.78 is 7.97. The van der Waals surface area contributed by atoms with E-state index < -0.39 is 5.91 Å². The van der Waals surface area contributed by atoms with Crippen molar-refractivity contribution in [2.45, 2.75) is 19.0 Å². The highest BCUT2D eigenvalue weighted by atomic mass is 16.5. The number of rotatable bonds is 3. The monoisotopic (exact) mass is 421 g/mol. The lowest BCUT2D eigenvalue weighted by molar-refractivity contribution is 0.0143. The van der Waals surface area contributed by atoms with Crippen molar-refractivity contribution >= 4 is 23.0 Å². The van der Waals surface area contributed by atoms with E-state index in [0.717, 1.165) is 22.3 Å². The van der Waals surface area contributed by atoms with E-state index in [-0.39, 0.29) is 18.7 Å². The average molecular weight is 421 g/mol. The fourth-order valence-electron chi connectivity index (χ4n) is 4.57. The maximum absolute atomic E-state index is 12.8. The van der Waals surface area contributed by atoms with E-state index in [1.165, 1.54) is 5.56 Å². The molecule has 1 saturated heterocycles. The lowest BCUT2D eigenvalue weighted by Crippen LogP contribution is -2.48. The first-order chi connectivity index (χ1) is 15.1. The van der Waals surface area contributed by atoms with Crippen LogP contribution in [0.1, 0.15) is 33.1 Å². The average Bonchev–Trinajstić information content (AvgIpc) is 3.11. The highest BCUT2D eigenvalue weighted by Gasteiger charge is 2.36. The van der Waals surface area contributed by atoms with Gasteiger partial charge in [0.05, 0.1) is 13.2 Å². The number of fused-ring (bicyclic) bond motifs is 6. The molecule has 4 heterocycles. The number of carbonyl (C=O) groups is 2. The van der Waals surface area contributed by atoms with E-state index >= 15 is 0 Å². The van der Waals surface area contributed by atoms with Crippen molar-refractivity contribution in [3.8, 4) is 0 Å². The van der Waals surface area contributed by atoms with Gasteiger partial charge in [-0.3, -0.25) is 10.0 Å². The van der Waals surface area contributed by atoms with Gasteiger partial charge in [0.25, 0.3) is 5.91 Å². The maximum atomic E-state index is 12.8. The molecule has 0 aliphatic carbocycles. The number of nitrogens with one attached hydrogen (secondary N) is 1. The lowest BCUT2D eigenvalue weighted by Gasteiger charge is -2.38. The van der Waals surface area contributed by atoms with Crippen LogP contribution in [-0.2, 0) is 17.8 Å². The van der Waals surface area contributed by atoms with E-state index in [0.29, 0.717) is 31.8 Å². The van der Waals surface area contributed by atoms with Gasteiger partial charge in [0.2, 0.25) is 0 Å². The predicted octanol–water partition coefficient (Wildman–Crippen LogP) is 2.14. The van der Waals surface area contributed by atoms with Gasteiger partial charge < -0.3 is 19.1 Å². The second-order valence-electron chi connectivity index (χ2n) is 8.02. The van der Waals surface area contributed by atoms with Gasteiger partial charge in [0.15, 0.2) is 0 Å². The quantitative estimate of drug-likeness (QED) is 0.499. The molecule has 0 radical (unpaired) electrons. The normalized spacial score (nSPS) is 18.5. The largest absolute Gasteiger partial charge is 0.360 e. The Morgan fingerprint density at radius 3 is 2.87 bits per heavy atom. The van der Waals surface area contributed by atoms with Crippen LogP contribution in [-0.4, -0.2) is 63.4 Å². The van der Waals surface area contributed by atoms with Crippen molar-refractivity contribution in [3.63, 3.8) is 0 Å². The van der Waals surface area contributed by atoms with Crippen molar-refractivity contribution in [2.75, 3.05) is 26.9 Å². The molecule has 3 amide bonds. The van der Waals surface area contributed by atoms with Crippen molar-refractivity contribution in [3.05, 3.63) is 65.0 Å². The zero-order chi connectivity index (χ0) is 21.5. The summed E-state index contributed by atoms with van der Waals surface area (Å²) in [7, 11) is 1.75. The zero-order valence-corrected chi connectivity index (χ0v) is 17.1. The number of amides is 3. The molecule has 31 heavy (non-hydrogen) atoms. The molecular weight excluding hydrogens is 398 g/mol. The topological polar surface area (TPSA) is 99.9 Å². The first-order valence-electron chi connectivity index (χ1n) is 10.1. The minimum absolute atomic E-state index is 0.0421. The summed E-state index contributed by atoms with van der Waals surface area (Å²) in [6.07, 6.45) is 1.78. The third kappa shape index (κ3) is 3.31. The number of benzene rings is 1. The Bertz CT molecular complexity index is 1160. The molecule has 0 spiro atoms. The molecule has 3 aromatic rings. The molecular formula is C22H23N5O4. The van der Waals surface area contributed by atoms with Crippen molar-refractivity contribution < 1.29 is 19.5 Å². The Labute approximate surface area is 178 Å². The molecule has 1 atom stereocenters. The molecule has 1 aromatic carbocycles. The number of pyridine rings is 1. The molecule has 160 valence electrons. The van der Waals surface area contributed by atoms with E-state index in [9.17, 15) is 9.59 Å². The van der Waals surface area contributed by atoms with Crippen LogP contribution >= 0.6 is 0 Å². The number of hydroxylamine groups is 1. The SMILES string of the molecule is CN1COCC2CN(Cc3c2c2cccnc2n3Cc2ccc(C(=O)NO)cc2)C1=O. The van der Waals surface area contributed by atoms with Crippen LogP contribution in [0, 0.1) is 0 Å². The fraction of sp³-hybridized carbons (Fsp3) is 0.318. The van der Waals surface area contributed by atoms with Crippen molar-refractivity contribution in [2.24, 2.45) is 0 Å². The van der Waals surface area contributed by atoms with Crippen LogP contribution in [0.15, 0.2) is 42.6 Å². The Kier molecular flexibility index (Phi) is 4.84. The predicted molar refractivity (Wildman–Crippen MR) is 112 cm³/mol. The molecule has 2 aliphatic heterocycles. The molecule has 2 aliphatic rings. The number of ether oxygens (including phenoxy) is 1. The Hall–Kier alpha value is -3.43. The number of hydrogen-bond acceptors (Lipinski definition) is 5. The van der Waals surface area contributed by atoms with Gasteiger partial charge >= 0.3 is 6.03 Å². The number of hydrogen-bond donors (Lipinski definition) is 2. The van der Waals surface area contributed by atoms with E-state index in [1.807, 2.05) is 23.1 Å². The Balaban J connectivity index is 1.58. The molecule has 2 N–H and O–H groups in total. The molecule has 9 heteroatoms. The van der Waals surface area contributed by atoms with Crippen LogP contribution in [0.4, 0.5) is 4.79 Å². The minimum atomic E-state index is -0.549. The molecule has 9 nitrogen and oxygen atoms in total. The highest BCUT2D eigenvalue weighted by molar-refractivity contribution is 5.93. The van der Waals surface area contributed by atoms with E-state index in [2.05, 4.69) is 15.6 Å². The molecule has 5 rings (SSSR count).